The molecule has 1 heteroatoms. The van der Waals surface area contributed by atoms with Crippen LogP contribution in [-0.4, -0.2) is 13.7 Å². The van der Waals surface area contributed by atoms with Crippen LogP contribution in [0.15, 0.2) is 48.5 Å². The molecular weight excluding hydrogens is 388 g/mol. The summed E-state index contributed by atoms with van der Waals surface area (Å²) in [6, 6.07) is 19.2. The Labute approximate surface area is 197 Å². The Balaban J connectivity index is 1.42. The molecular formula is C31H44O. The summed E-state index contributed by atoms with van der Waals surface area (Å²) >= 11 is 0. The summed E-state index contributed by atoms with van der Waals surface area (Å²) in [5.74, 6) is 1.50. The van der Waals surface area contributed by atoms with Crippen LogP contribution < -0.4 is 0 Å². The van der Waals surface area contributed by atoms with E-state index in [0.29, 0.717) is 5.41 Å². The number of rotatable bonds is 9. The number of ether oxygens (including phenoxy) is 1. The van der Waals surface area contributed by atoms with Gasteiger partial charge in [0.25, 0.3) is 0 Å². The first-order chi connectivity index (χ1) is 15.7. The topological polar surface area (TPSA) is 9.23 Å². The summed E-state index contributed by atoms with van der Waals surface area (Å²) in [5, 5.41) is 0. The molecule has 0 aliphatic heterocycles. The molecule has 2 fully saturated rings. The Morgan fingerprint density at radius 2 is 1.41 bits per heavy atom. The van der Waals surface area contributed by atoms with Crippen molar-refractivity contribution in [1.29, 1.82) is 0 Å². The molecule has 2 aliphatic rings. The van der Waals surface area contributed by atoms with Crippen molar-refractivity contribution in [2.45, 2.75) is 102 Å². The molecule has 2 aliphatic carbocycles. The summed E-state index contributed by atoms with van der Waals surface area (Å²) in [7, 11) is 1.83. The molecule has 174 valence electrons. The molecule has 32 heavy (non-hydrogen) atoms. The minimum atomic E-state index is 0.442. The lowest BCUT2D eigenvalue weighted by atomic mass is 9.66. The minimum Gasteiger partial charge on any atom is -0.384 e. The predicted molar refractivity (Wildman–Crippen MR) is 137 cm³/mol. The van der Waals surface area contributed by atoms with Crippen LogP contribution in [-0.2, 0) is 10.2 Å². The SMILES string of the molecule is CCCCCC1(c2ccc(-c3ccc(C4CCC(COC)CC4)cc3)cc2)CCCCC1. The highest BCUT2D eigenvalue weighted by Crippen LogP contribution is 2.44. The Hall–Kier alpha value is -1.60. The van der Waals surface area contributed by atoms with Crippen LogP contribution in [0.1, 0.15) is 107 Å². The van der Waals surface area contributed by atoms with Crippen molar-refractivity contribution in [3.8, 4) is 11.1 Å². The highest BCUT2D eigenvalue weighted by atomic mass is 16.5. The molecule has 2 aromatic rings. The zero-order valence-electron chi connectivity index (χ0n) is 20.6. The van der Waals surface area contributed by atoms with Crippen LogP contribution in [0.25, 0.3) is 11.1 Å². The Bertz CT molecular complexity index is 789. The maximum absolute atomic E-state index is 5.36. The summed E-state index contributed by atoms with van der Waals surface area (Å²) in [5.41, 5.74) is 6.29. The largest absolute Gasteiger partial charge is 0.384 e. The highest BCUT2D eigenvalue weighted by molar-refractivity contribution is 5.64. The van der Waals surface area contributed by atoms with Crippen LogP contribution in [0.5, 0.6) is 0 Å². The van der Waals surface area contributed by atoms with Gasteiger partial charge in [0.05, 0.1) is 0 Å². The van der Waals surface area contributed by atoms with E-state index in [4.69, 9.17) is 4.74 Å². The number of hydrogen-bond donors (Lipinski definition) is 0. The highest BCUT2D eigenvalue weighted by Gasteiger charge is 2.33. The van der Waals surface area contributed by atoms with Crippen LogP contribution in [0.3, 0.4) is 0 Å². The minimum absolute atomic E-state index is 0.442. The zero-order valence-corrected chi connectivity index (χ0v) is 20.6. The van der Waals surface area contributed by atoms with Crippen molar-refractivity contribution in [1.82, 2.24) is 0 Å². The average Bonchev–Trinajstić information content (AvgIpc) is 2.86. The standard InChI is InChI=1S/C31H44O/c1-3-4-6-21-31(22-7-5-8-23-31)30-19-17-29(18-20-30)28-15-13-27(14-16-28)26-11-9-25(10-12-26)24-32-2/h13-20,25-26H,3-12,21-24H2,1-2H3. The summed E-state index contributed by atoms with van der Waals surface area (Å²) in [6.45, 7) is 3.25. The van der Waals surface area contributed by atoms with Crippen molar-refractivity contribution >= 4 is 0 Å². The molecule has 0 atom stereocenters. The molecule has 0 N–H and O–H groups in total. The van der Waals surface area contributed by atoms with Crippen LogP contribution in [0, 0.1) is 5.92 Å². The molecule has 0 aromatic heterocycles. The third-order valence-electron chi connectivity index (χ3n) is 8.53. The van der Waals surface area contributed by atoms with E-state index in [2.05, 4.69) is 55.5 Å². The fourth-order valence-corrected chi connectivity index (χ4v) is 6.49. The number of unbranched alkanes of at least 4 members (excludes halogenated alkanes) is 2. The summed E-state index contributed by atoms with van der Waals surface area (Å²) < 4.78 is 5.36. The lowest BCUT2D eigenvalue weighted by Gasteiger charge is -2.38. The normalized spacial score (nSPS) is 23.2. The summed E-state index contributed by atoms with van der Waals surface area (Å²) in [4.78, 5) is 0. The monoisotopic (exact) mass is 432 g/mol. The molecule has 4 rings (SSSR count). The lowest BCUT2D eigenvalue weighted by Crippen LogP contribution is -2.29. The van der Waals surface area contributed by atoms with Crippen molar-refractivity contribution in [2.75, 3.05) is 13.7 Å². The van der Waals surface area contributed by atoms with Crippen LogP contribution in [0.4, 0.5) is 0 Å². The van der Waals surface area contributed by atoms with Crippen LogP contribution in [0.2, 0.25) is 0 Å². The molecule has 1 nitrogen and oxygen atoms in total. The second-order valence-electron chi connectivity index (χ2n) is 10.7. The second-order valence-corrected chi connectivity index (χ2v) is 10.7. The maximum Gasteiger partial charge on any atom is 0.0490 e. The van der Waals surface area contributed by atoms with Crippen molar-refractivity contribution < 1.29 is 4.74 Å². The zero-order chi connectivity index (χ0) is 22.2. The van der Waals surface area contributed by atoms with Crippen LogP contribution >= 0.6 is 0 Å². The van der Waals surface area contributed by atoms with E-state index in [1.54, 1.807) is 5.56 Å². The fraction of sp³-hybridized carbons (Fsp3) is 0.613. The van der Waals surface area contributed by atoms with Gasteiger partial charge >= 0.3 is 0 Å². The molecule has 2 saturated carbocycles. The van der Waals surface area contributed by atoms with E-state index in [1.165, 1.54) is 100 Å². The quantitative estimate of drug-likeness (QED) is 0.359. The third kappa shape index (κ3) is 5.66. The van der Waals surface area contributed by atoms with Gasteiger partial charge in [-0.05, 0) is 84.5 Å². The van der Waals surface area contributed by atoms with Gasteiger partial charge in [-0.2, -0.15) is 0 Å². The van der Waals surface area contributed by atoms with Crippen molar-refractivity contribution in [3.05, 3.63) is 59.7 Å². The van der Waals surface area contributed by atoms with E-state index < -0.39 is 0 Å². The van der Waals surface area contributed by atoms with Gasteiger partial charge in [0.2, 0.25) is 0 Å². The molecule has 2 aromatic carbocycles. The molecule has 0 bridgehead atoms. The third-order valence-corrected chi connectivity index (χ3v) is 8.53. The first-order valence-corrected chi connectivity index (χ1v) is 13.4. The first kappa shape index (κ1) is 23.6. The van der Waals surface area contributed by atoms with E-state index in [0.717, 1.165) is 18.4 Å². The van der Waals surface area contributed by atoms with Gasteiger partial charge in [0.15, 0.2) is 0 Å². The van der Waals surface area contributed by atoms with Gasteiger partial charge < -0.3 is 4.74 Å². The Morgan fingerprint density at radius 1 is 0.781 bits per heavy atom. The van der Waals surface area contributed by atoms with Crippen molar-refractivity contribution in [2.24, 2.45) is 5.92 Å². The second kappa shape index (κ2) is 11.5. The fourth-order valence-electron chi connectivity index (χ4n) is 6.49. The first-order valence-electron chi connectivity index (χ1n) is 13.4. The lowest BCUT2D eigenvalue weighted by molar-refractivity contribution is 0.127. The molecule has 0 amide bonds. The number of hydrogen-bond acceptors (Lipinski definition) is 1. The molecule has 0 saturated heterocycles. The molecule has 0 heterocycles. The van der Waals surface area contributed by atoms with Gasteiger partial charge in [0.1, 0.15) is 0 Å². The van der Waals surface area contributed by atoms with Gasteiger partial charge in [-0.25, -0.2) is 0 Å². The predicted octanol–water partition coefficient (Wildman–Crippen LogP) is 9.06. The molecule has 0 radical (unpaired) electrons. The van der Waals surface area contributed by atoms with Gasteiger partial charge in [0, 0.05) is 13.7 Å². The maximum atomic E-state index is 5.36. The number of benzene rings is 2. The summed E-state index contributed by atoms with van der Waals surface area (Å²) in [6.07, 6.45) is 17.7. The van der Waals surface area contributed by atoms with Gasteiger partial charge in [-0.1, -0.05) is 94.0 Å². The van der Waals surface area contributed by atoms with Gasteiger partial charge in [-0.15, -0.1) is 0 Å². The molecule has 0 unspecified atom stereocenters. The van der Waals surface area contributed by atoms with E-state index in [-0.39, 0.29) is 0 Å². The van der Waals surface area contributed by atoms with Crippen molar-refractivity contribution in [3.63, 3.8) is 0 Å². The Kier molecular flexibility index (Phi) is 8.47. The van der Waals surface area contributed by atoms with E-state index >= 15 is 0 Å². The van der Waals surface area contributed by atoms with E-state index in [1.807, 2.05) is 7.11 Å². The average molecular weight is 433 g/mol. The van der Waals surface area contributed by atoms with E-state index in [9.17, 15) is 0 Å². The number of methoxy groups -OCH3 is 1. The molecule has 0 spiro atoms. The Morgan fingerprint density at radius 3 is 2.00 bits per heavy atom. The smallest absolute Gasteiger partial charge is 0.0490 e. The van der Waals surface area contributed by atoms with Gasteiger partial charge in [-0.3, -0.25) is 0 Å².